The molecule has 0 bridgehead atoms. The fraction of sp³-hybridized carbons (Fsp3) is 0.364. The highest BCUT2D eigenvalue weighted by atomic mass is 16.4. The molecule has 2 unspecified atom stereocenters. The third-order valence-corrected chi connectivity index (χ3v) is 2.36. The maximum absolute atomic E-state index is 10.5. The number of carboxylic acids is 1. The molecule has 1 rings (SSSR count). The van der Waals surface area contributed by atoms with Crippen molar-refractivity contribution < 1.29 is 15.0 Å². The Morgan fingerprint density at radius 2 is 1.88 bits per heavy atom. The molecular weight excluding hydrogens is 208 g/mol. The van der Waals surface area contributed by atoms with Gasteiger partial charge in [-0.1, -0.05) is 24.3 Å². The minimum atomic E-state index is -1.02. The molecule has 0 aliphatic carbocycles. The van der Waals surface area contributed by atoms with Gasteiger partial charge in [-0.05, 0) is 17.5 Å². The Labute approximate surface area is 93.7 Å². The highest BCUT2D eigenvalue weighted by Crippen LogP contribution is 2.13. The third kappa shape index (κ3) is 3.30. The average molecular weight is 224 g/mol. The van der Waals surface area contributed by atoms with Crippen molar-refractivity contribution in [3.8, 4) is 0 Å². The molecule has 0 aliphatic heterocycles. The van der Waals surface area contributed by atoms with Gasteiger partial charge >= 0.3 is 5.97 Å². The van der Waals surface area contributed by atoms with Crippen LogP contribution in [0.15, 0.2) is 24.3 Å². The van der Waals surface area contributed by atoms with E-state index >= 15 is 0 Å². The van der Waals surface area contributed by atoms with E-state index in [0.29, 0.717) is 0 Å². The van der Waals surface area contributed by atoms with Crippen molar-refractivity contribution in [2.75, 3.05) is 6.54 Å². The predicted molar refractivity (Wildman–Crippen MR) is 59.8 cm³/mol. The number of rotatable bonds is 5. The van der Waals surface area contributed by atoms with E-state index in [1.807, 2.05) is 0 Å². The maximum atomic E-state index is 10.5. The molecule has 88 valence electrons. The molecule has 0 radical (unpaired) electrons. The smallest absolute Gasteiger partial charge is 0.320 e. The SMILES string of the molecule is NCC(O)c1ccc(CC(N)C(=O)O)cc1. The van der Waals surface area contributed by atoms with Crippen LogP contribution in [0, 0.1) is 0 Å². The maximum Gasteiger partial charge on any atom is 0.320 e. The Balaban J connectivity index is 2.68. The Hall–Kier alpha value is -1.43. The largest absolute Gasteiger partial charge is 0.480 e. The number of aliphatic carboxylic acids is 1. The van der Waals surface area contributed by atoms with Crippen LogP contribution in [-0.2, 0) is 11.2 Å². The fourth-order valence-corrected chi connectivity index (χ4v) is 1.35. The molecule has 5 nitrogen and oxygen atoms in total. The first kappa shape index (κ1) is 12.6. The van der Waals surface area contributed by atoms with Crippen LogP contribution >= 0.6 is 0 Å². The summed E-state index contributed by atoms with van der Waals surface area (Å²) in [5, 5.41) is 18.1. The molecule has 0 aromatic heterocycles. The highest BCUT2D eigenvalue weighted by molar-refractivity contribution is 5.73. The van der Waals surface area contributed by atoms with Gasteiger partial charge in [0, 0.05) is 6.54 Å². The van der Waals surface area contributed by atoms with Crippen molar-refractivity contribution in [2.45, 2.75) is 18.6 Å². The Kier molecular flexibility index (Phi) is 4.42. The molecule has 1 aromatic carbocycles. The zero-order chi connectivity index (χ0) is 12.1. The lowest BCUT2D eigenvalue weighted by Gasteiger charge is -2.10. The summed E-state index contributed by atoms with van der Waals surface area (Å²) in [7, 11) is 0. The van der Waals surface area contributed by atoms with Gasteiger partial charge in [0.15, 0.2) is 0 Å². The summed E-state index contributed by atoms with van der Waals surface area (Å²) in [5.74, 6) is -1.02. The molecule has 2 atom stereocenters. The summed E-state index contributed by atoms with van der Waals surface area (Å²) in [6.07, 6.45) is -0.406. The summed E-state index contributed by atoms with van der Waals surface area (Å²) in [6, 6.07) is 6.04. The minimum absolute atomic E-state index is 0.161. The van der Waals surface area contributed by atoms with Crippen LogP contribution in [-0.4, -0.2) is 28.8 Å². The molecule has 0 spiro atoms. The van der Waals surface area contributed by atoms with Crippen molar-refractivity contribution in [1.29, 1.82) is 0 Å². The molecular formula is C11H16N2O3. The normalized spacial score (nSPS) is 14.4. The number of carboxylic acid groups (broad SMARTS) is 1. The summed E-state index contributed by atoms with van der Waals surface area (Å²) >= 11 is 0. The fourth-order valence-electron chi connectivity index (χ4n) is 1.35. The van der Waals surface area contributed by atoms with Crippen molar-refractivity contribution in [1.82, 2.24) is 0 Å². The molecule has 0 amide bonds. The standard InChI is InChI=1S/C11H16N2O3/c12-6-10(14)8-3-1-7(2-4-8)5-9(13)11(15)16/h1-4,9-10,14H,5-6,12-13H2,(H,15,16). The van der Waals surface area contributed by atoms with Crippen LogP contribution in [0.5, 0.6) is 0 Å². The topological polar surface area (TPSA) is 110 Å². The number of benzene rings is 1. The van der Waals surface area contributed by atoms with Gasteiger partial charge in [0.25, 0.3) is 0 Å². The van der Waals surface area contributed by atoms with Crippen molar-refractivity contribution in [3.05, 3.63) is 35.4 Å². The Morgan fingerprint density at radius 1 is 1.31 bits per heavy atom. The second-order valence-corrected chi connectivity index (χ2v) is 3.64. The Morgan fingerprint density at radius 3 is 2.31 bits per heavy atom. The molecule has 0 heterocycles. The lowest BCUT2D eigenvalue weighted by Crippen LogP contribution is -2.32. The van der Waals surface area contributed by atoms with Crippen LogP contribution < -0.4 is 11.5 Å². The number of aliphatic hydroxyl groups is 1. The van der Waals surface area contributed by atoms with Gasteiger partial charge in [0.1, 0.15) is 6.04 Å². The van der Waals surface area contributed by atoms with Crippen molar-refractivity contribution in [2.24, 2.45) is 11.5 Å². The van der Waals surface area contributed by atoms with E-state index in [1.165, 1.54) is 0 Å². The number of carbonyl (C=O) groups is 1. The highest BCUT2D eigenvalue weighted by Gasteiger charge is 2.12. The zero-order valence-corrected chi connectivity index (χ0v) is 8.84. The summed E-state index contributed by atoms with van der Waals surface area (Å²) < 4.78 is 0. The summed E-state index contributed by atoms with van der Waals surface area (Å²) in [4.78, 5) is 10.5. The van der Waals surface area contributed by atoms with E-state index in [-0.39, 0.29) is 13.0 Å². The molecule has 5 heteroatoms. The van der Waals surface area contributed by atoms with Gasteiger partial charge in [-0.3, -0.25) is 4.79 Å². The minimum Gasteiger partial charge on any atom is -0.480 e. The van der Waals surface area contributed by atoms with E-state index in [0.717, 1.165) is 11.1 Å². The van der Waals surface area contributed by atoms with Gasteiger partial charge in [-0.15, -0.1) is 0 Å². The van der Waals surface area contributed by atoms with Gasteiger partial charge in [0.05, 0.1) is 6.10 Å². The number of hydrogen-bond donors (Lipinski definition) is 4. The van der Waals surface area contributed by atoms with Crippen LogP contribution in [0.1, 0.15) is 17.2 Å². The van der Waals surface area contributed by atoms with Gasteiger partial charge in [-0.25, -0.2) is 0 Å². The number of nitrogens with two attached hydrogens (primary N) is 2. The van der Waals surface area contributed by atoms with Crippen LogP contribution in [0.4, 0.5) is 0 Å². The predicted octanol–water partition coefficient (Wildman–Crippen LogP) is -0.367. The number of hydrogen-bond acceptors (Lipinski definition) is 4. The molecule has 0 saturated heterocycles. The molecule has 16 heavy (non-hydrogen) atoms. The molecule has 6 N–H and O–H groups in total. The monoisotopic (exact) mass is 224 g/mol. The first-order valence-corrected chi connectivity index (χ1v) is 5.00. The van der Waals surface area contributed by atoms with Gasteiger partial charge in [-0.2, -0.15) is 0 Å². The van der Waals surface area contributed by atoms with Crippen molar-refractivity contribution in [3.63, 3.8) is 0 Å². The molecule has 0 saturated carbocycles. The van der Waals surface area contributed by atoms with Gasteiger partial charge in [0.2, 0.25) is 0 Å². The first-order valence-electron chi connectivity index (χ1n) is 5.00. The van der Waals surface area contributed by atoms with Crippen LogP contribution in [0.25, 0.3) is 0 Å². The zero-order valence-electron chi connectivity index (χ0n) is 8.84. The second-order valence-electron chi connectivity index (χ2n) is 3.64. The molecule has 0 fully saturated rings. The lowest BCUT2D eigenvalue weighted by molar-refractivity contribution is -0.138. The average Bonchev–Trinajstić information content (AvgIpc) is 2.28. The van der Waals surface area contributed by atoms with Crippen molar-refractivity contribution >= 4 is 5.97 Å². The van der Waals surface area contributed by atoms with E-state index in [1.54, 1.807) is 24.3 Å². The molecule has 1 aromatic rings. The van der Waals surface area contributed by atoms with E-state index in [2.05, 4.69) is 0 Å². The van der Waals surface area contributed by atoms with Crippen LogP contribution in [0.2, 0.25) is 0 Å². The van der Waals surface area contributed by atoms with Crippen LogP contribution in [0.3, 0.4) is 0 Å². The van der Waals surface area contributed by atoms with E-state index < -0.39 is 18.1 Å². The summed E-state index contributed by atoms with van der Waals surface area (Å²) in [6.45, 7) is 0.161. The van der Waals surface area contributed by atoms with E-state index in [9.17, 15) is 9.90 Å². The van der Waals surface area contributed by atoms with E-state index in [4.69, 9.17) is 16.6 Å². The summed E-state index contributed by atoms with van der Waals surface area (Å²) in [5.41, 5.74) is 12.3. The van der Waals surface area contributed by atoms with Gasteiger partial charge < -0.3 is 21.7 Å². The second kappa shape index (κ2) is 5.60. The lowest BCUT2D eigenvalue weighted by atomic mass is 10.0. The first-order chi connectivity index (χ1) is 7.54. The quantitative estimate of drug-likeness (QED) is 0.545. The Bertz CT molecular complexity index is 351. The molecule has 0 aliphatic rings. The third-order valence-electron chi connectivity index (χ3n) is 2.36. The number of aliphatic hydroxyl groups excluding tert-OH is 1.